The van der Waals surface area contributed by atoms with Gasteiger partial charge in [-0.05, 0) is 106 Å². The van der Waals surface area contributed by atoms with E-state index in [0.29, 0.717) is 38.0 Å². The van der Waals surface area contributed by atoms with Crippen LogP contribution >= 0.6 is 0 Å². The van der Waals surface area contributed by atoms with Gasteiger partial charge < -0.3 is 34.1 Å². The summed E-state index contributed by atoms with van der Waals surface area (Å²) in [6, 6.07) is 0. The third-order valence-corrected chi connectivity index (χ3v) is 7.82. The molecule has 2 N–H and O–H groups in total. The van der Waals surface area contributed by atoms with Crippen molar-refractivity contribution in [3.63, 3.8) is 0 Å². The molecule has 0 saturated carbocycles. The van der Waals surface area contributed by atoms with Gasteiger partial charge in [-0.2, -0.15) is 0 Å². The zero-order valence-electron chi connectivity index (χ0n) is 24.5. The van der Waals surface area contributed by atoms with E-state index in [9.17, 15) is 14.7 Å². The predicted octanol–water partition coefficient (Wildman–Crippen LogP) is 4.17. The van der Waals surface area contributed by atoms with Gasteiger partial charge in [0.05, 0.1) is 17.8 Å². The Morgan fingerprint density at radius 3 is 2.16 bits per heavy atom. The van der Waals surface area contributed by atoms with Crippen molar-refractivity contribution in [3.05, 3.63) is 0 Å². The normalized spacial score (nSPS) is 21.9. The van der Waals surface area contributed by atoms with Crippen LogP contribution in [0.5, 0.6) is 0 Å². The zero-order valence-corrected chi connectivity index (χ0v) is 24.5. The number of nitrogens with zero attached hydrogens (tertiary/aromatic N) is 1. The Hall–Kier alpha value is -1.36. The van der Waals surface area contributed by atoms with Crippen molar-refractivity contribution in [1.82, 2.24) is 10.2 Å². The highest BCUT2D eigenvalue weighted by atomic mass is 16.7. The summed E-state index contributed by atoms with van der Waals surface area (Å²) in [6.07, 6.45) is 4.25. The summed E-state index contributed by atoms with van der Waals surface area (Å²) in [5.74, 6) is -0.0948. The number of aliphatic hydroxyl groups is 1. The fraction of sp³-hybridized carbons (Fsp3) is 0.926. The number of alkyl carbamates (subject to hydrolysis) is 1. The molecular weight excluding hydrogens is 475 g/mol. The van der Waals surface area contributed by atoms with Gasteiger partial charge in [-0.1, -0.05) is 12.8 Å². The number of nitrogens with one attached hydrogen (secondary N) is 1. The number of likely N-dealkylation sites (tertiary alicyclic amines) is 1. The molecule has 2 saturated heterocycles. The Kier molecular flexibility index (Phi) is 11.3. The Morgan fingerprint density at radius 2 is 1.65 bits per heavy atom. The van der Waals surface area contributed by atoms with Crippen LogP contribution in [0.2, 0.25) is 6.32 Å². The third-order valence-electron chi connectivity index (χ3n) is 7.82. The van der Waals surface area contributed by atoms with Crippen LogP contribution in [-0.4, -0.2) is 84.4 Å². The molecule has 2 fully saturated rings. The highest BCUT2D eigenvalue weighted by Crippen LogP contribution is 2.38. The van der Waals surface area contributed by atoms with Gasteiger partial charge in [0, 0.05) is 13.2 Å². The van der Waals surface area contributed by atoms with Crippen LogP contribution in [0.15, 0.2) is 0 Å². The topological polar surface area (TPSA) is 107 Å². The molecular formula is C27H51BN2O7. The molecule has 1 amide bonds. The standard InChI is InChI=1S/C27H51BN2O7/c1-9-34-22(32)27(29-23(33)35-24(2,3)4,15-19-30-17-12-21(20-31)13-18-30)14-10-11-16-28-36-25(5,6)26(7,8)37-28/h21,31H,9-20H2,1-8H3,(H,29,33)/t27-/m1/s1. The molecule has 1 atom stereocenters. The number of amides is 1. The van der Waals surface area contributed by atoms with E-state index in [1.165, 1.54) is 0 Å². The lowest BCUT2D eigenvalue weighted by atomic mass is 9.80. The summed E-state index contributed by atoms with van der Waals surface area (Å²) < 4.78 is 23.3. The predicted molar refractivity (Wildman–Crippen MR) is 144 cm³/mol. The average Bonchev–Trinajstić information content (AvgIpc) is 3.00. The molecule has 0 aliphatic carbocycles. The second kappa shape index (κ2) is 13.1. The molecule has 10 heteroatoms. The van der Waals surface area contributed by atoms with Gasteiger partial charge in [0.25, 0.3) is 0 Å². The van der Waals surface area contributed by atoms with Crippen molar-refractivity contribution < 1.29 is 33.5 Å². The molecule has 0 bridgehead atoms. The SMILES string of the molecule is CCOC(=O)[C@@](CCCCB1OC(C)(C)C(C)(C)O1)(CCN1CCC(CO)CC1)NC(=O)OC(C)(C)C. The summed E-state index contributed by atoms with van der Waals surface area (Å²) in [5.41, 5.74) is -2.64. The van der Waals surface area contributed by atoms with Crippen LogP contribution in [0.25, 0.3) is 0 Å². The van der Waals surface area contributed by atoms with Crippen molar-refractivity contribution in [1.29, 1.82) is 0 Å². The van der Waals surface area contributed by atoms with Gasteiger partial charge in [0.2, 0.25) is 0 Å². The Balaban J connectivity index is 2.10. The maximum absolute atomic E-state index is 13.4. The maximum Gasteiger partial charge on any atom is 0.457 e. The van der Waals surface area contributed by atoms with Gasteiger partial charge in [0.15, 0.2) is 0 Å². The van der Waals surface area contributed by atoms with E-state index in [-0.39, 0.29) is 31.5 Å². The van der Waals surface area contributed by atoms with Crippen molar-refractivity contribution in [3.8, 4) is 0 Å². The Morgan fingerprint density at radius 1 is 1.05 bits per heavy atom. The van der Waals surface area contributed by atoms with Crippen molar-refractivity contribution in [2.45, 2.75) is 123 Å². The first-order valence-electron chi connectivity index (χ1n) is 14.0. The van der Waals surface area contributed by atoms with E-state index >= 15 is 0 Å². The molecule has 0 aromatic rings. The fourth-order valence-corrected chi connectivity index (χ4v) is 4.84. The lowest BCUT2D eigenvalue weighted by Gasteiger charge is -2.37. The van der Waals surface area contributed by atoms with Gasteiger partial charge in [0.1, 0.15) is 11.1 Å². The fourth-order valence-electron chi connectivity index (χ4n) is 4.84. The van der Waals surface area contributed by atoms with Gasteiger partial charge in [-0.3, -0.25) is 0 Å². The summed E-state index contributed by atoms with van der Waals surface area (Å²) in [6.45, 7) is 18.1. The van der Waals surface area contributed by atoms with Crippen LogP contribution in [-0.2, 0) is 23.6 Å². The van der Waals surface area contributed by atoms with E-state index in [0.717, 1.165) is 32.4 Å². The maximum atomic E-state index is 13.4. The Labute approximate surface area is 224 Å². The number of rotatable bonds is 12. The van der Waals surface area contributed by atoms with Crippen LogP contribution in [0.1, 0.15) is 93.9 Å². The smallest absolute Gasteiger partial charge is 0.457 e. The molecule has 2 rings (SSSR count). The largest absolute Gasteiger partial charge is 0.464 e. The van der Waals surface area contributed by atoms with E-state index in [4.69, 9.17) is 18.8 Å². The molecule has 2 aliphatic heterocycles. The third kappa shape index (κ3) is 9.41. The van der Waals surface area contributed by atoms with Crippen molar-refractivity contribution >= 4 is 19.2 Å². The molecule has 0 unspecified atom stereocenters. The molecule has 2 aliphatic rings. The second-order valence-electron chi connectivity index (χ2n) is 12.6. The molecule has 214 valence electrons. The monoisotopic (exact) mass is 526 g/mol. The summed E-state index contributed by atoms with van der Waals surface area (Å²) >= 11 is 0. The molecule has 0 spiro atoms. The number of carbonyl (C=O) groups excluding carboxylic acids is 2. The first kappa shape index (κ1) is 31.9. The van der Waals surface area contributed by atoms with Gasteiger partial charge in [-0.25, -0.2) is 9.59 Å². The van der Waals surface area contributed by atoms with Crippen molar-refractivity contribution in [2.24, 2.45) is 5.92 Å². The summed E-state index contributed by atoms with van der Waals surface area (Å²) in [4.78, 5) is 28.5. The van der Waals surface area contributed by atoms with Crippen LogP contribution in [0.3, 0.4) is 0 Å². The van der Waals surface area contributed by atoms with Gasteiger partial charge >= 0.3 is 19.2 Å². The molecule has 0 radical (unpaired) electrons. The lowest BCUT2D eigenvalue weighted by Crippen LogP contribution is -2.57. The summed E-state index contributed by atoms with van der Waals surface area (Å²) in [7, 11) is -0.298. The molecule has 9 nitrogen and oxygen atoms in total. The quantitative estimate of drug-likeness (QED) is 0.222. The number of hydrogen-bond donors (Lipinski definition) is 2. The highest BCUT2D eigenvalue weighted by Gasteiger charge is 2.50. The minimum absolute atomic E-state index is 0.212. The number of unbranched alkanes of at least 4 members (excludes halogenated alkanes) is 1. The van der Waals surface area contributed by atoms with E-state index in [2.05, 4.69) is 10.2 Å². The average molecular weight is 527 g/mol. The van der Waals surface area contributed by atoms with Crippen LogP contribution in [0.4, 0.5) is 4.79 Å². The number of ether oxygens (including phenoxy) is 2. The number of piperidine rings is 1. The molecule has 0 aromatic carbocycles. The van der Waals surface area contributed by atoms with Crippen LogP contribution < -0.4 is 5.32 Å². The minimum atomic E-state index is -1.19. The lowest BCUT2D eigenvalue weighted by molar-refractivity contribution is -0.152. The molecule has 0 aromatic heterocycles. The number of hydrogen-bond acceptors (Lipinski definition) is 8. The van der Waals surface area contributed by atoms with Gasteiger partial charge in [-0.15, -0.1) is 0 Å². The van der Waals surface area contributed by atoms with E-state index in [1.807, 2.05) is 27.7 Å². The zero-order chi connectivity index (χ0) is 27.9. The van der Waals surface area contributed by atoms with E-state index < -0.39 is 23.2 Å². The second-order valence-corrected chi connectivity index (χ2v) is 12.6. The highest BCUT2D eigenvalue weighted by molar-refractivity contribution is 6.45. The number of esters is 1. The summed E-state index contributed by atoms with van der Waals surface area (Å²) in [5, 5.41) is 12.4. The Bertz CT molecular complexity index is 732. The first-order chi connectivity index (χ1) is 17.1. The molecule has 2 heterocycles. The van der Waals surface area contributed by atoms with E-state index in [1.54, 1.807) is 27.7 Å². The van der Waals surface area contributed by atoms with Crippen molar-refractivity contribution in [2.75, 3.05) is 32.8 Å². The minimum Gasteiger partial charge on any atom is -0.464 e. The number of aliphatic hydroxyl groups excluding tert-OH is 1. The molecule has 37 heavy (non-hydrogen) atoms. The number of carbonyl (C=O) groups is 2. The van der Waals surface area contributed by atoms with Crippen LogP contribution in [0, 0.1) is 5.92 Å². The first-order valence-corrected chi connectivity index (χ1v) is 14.0.